The SMILES string of the molecule is Cc1c(C)c(C)c(CC2(C)CC(C)N(C)C(C)C2)c(C)c1C. The standard InChI is InChI=1S/C21H35N/c1-13-10-21(8,11-14(2)22(13)9)12-20-18(6)16(4)15(3)17(5)19(20)7/h13-14H,10-12H2,1-9H3. The molecule has 1 aliphatic heterocycles. The first-order valence-corrected chi connectivity index (χ1v) is 8.85. The Labute approximate surface area is 138 Å². The highest BCUT2D eigenvalue weighted by atomic mass is 15.2. The molecule has 1 fully saturated rings. The Morgan fingerprint density at radius 1 is 0.818 bits per heavy atom. The van der Waals surface area contributed by atoms with Crippen molar-refractivity contribution in [3.63, 3.8) is 0 Å². The summed E-state index contributed by atoms with van der Waals surface area (Å²) < 4.78 is 0. The molecular weight excluding hydrogens is 266 g/mol. The zero-order valence-electron chi connectivity index (χ0n) is 16.2. The molecule has 1 heterocycles. The van der Waals surface area contributed by atoms with Crippen LogP contribution in [0.1, 0.15) is 67.0 Å². The molecule has 0 N–H and O–H groups in total. The number of nitrogens with zero attached hydrogens (tertiary/aromatic N) is 1. The molecule has 1 saturated heterocycles. The fourth-order valence-electron chi connectivity index (χ4n) is 4.65. The first-order chi connectivity index (χ1) is 10.1. The topological polar surface area (TPSA) is 3.24 Å². The molecular formula is C21H35N. The van der Waals surface area contributed by atoms with E-state index in [0.29, 0.717) is 17.5 Å². The summed E-state index contributed by atoms with van der Waals surface area (Å²) in [6.45, 7) is 18.8. The van der Waals surface area contributed by atoms with E-state index in [4.69, 9.17) is 0 Å². The summed E-state index contributed by atoms with van der Waals surface area (Å²) >= 11 is 0. The average Bonchev–Trinajstić information content (AvgIpc) is 2.45. The molecule has 1 nitrogen and oxygen atoms in total. The van der Waals surface area contributed by atoms with Crippen molar-refractivity contribution < 1.29 is 0 Å². The van der Waals surface area contributed by atoms with Gasteiger partial charge in [0, 0.05) is 12.1 Å². The maximum Gasteiger partial charge on any atom is 0.00720 e. The van der Waals surface area contributed by atoms with Crippen LogP contribution in [0.25, 0.3) is 0 Å². The third-order valence-electron chi connectivity index (χ3n) is 6.73. The molecule has 124 valence electrons. The molecule has 2 atom stereocenters. The van der Waals surface area contributed by atoms with Crippen LogP contribution < -0.4 is 0 Å². The van der Waals surface area contributed by atoms with Crippen molar-refractivity contribution in [2.24, 2.45) is 5.41 Å². The molecule has 0 spiro atoms. The van der Waals surface area contributed by atoms with Crippen molar-refractivity contribution in [1.82, 2.24) is 4.90 Å². The Balaban J connectivity index is 2.39. The molecule has 2 unspecified atom stereocenters. The second-order valence-corrected chi connectivity index (χ2v) is 8.36. The van der Waals surface area contributed by atoms with Gasteiger partial charge in [-0.15, -0.1) is 0 Å². The van der Waals surface area contributed by atoms with E-state index < -0.39 is 0 Å². The van der Waals surface area contributed by atoms with Gasteiger partial charge in [-0.3, -0.25) is 0 Å². The highest BCUT2D eigenvalue weighted by Crippen LogP contribution is 2.41. The number of hydrogen-bond acceptors (Lipinski definition) is 1. The molecule has 2 rings (SSSR count). The number of likely N-dealkylation sites (tertiary alicyclic amines) is 1. The normalized spacial score (nSPS) is 29.9. The third kappa shape index (κ3) is 2.97. The summed E-state index contributed by atoms with van der Waals surface area (Å²) in [5.41, 5.74) is 9.57. The monoisotopic (exact) mass is 301 g/mol. The van der Waals surface area contributed by atoms with Gasteiger partial charge >= 0.3 is 0 Å². The van der Waals surface area contributed by atoms with Gasteiger partial charge in [0.15, 0.2) is 0 Å². The molecule has 0 amide bonds. The second-order valence-electron chi connectivity index (χ2n) is 8.36. The van der Waals surface area contributed by atoms with Crippen LogP contribution >= 0.6 is 0 Å². The van der Waals surface area contributed by atoms with Crippen molar-refractivity contribution in [3.05, 3.63) is 33.4 Å². The maximum absolute atomic E-state index is 2.55. The zero-order chi connectivity index (χ0) is 16.8. The van der Waals surface area contributed by atoms with Crippen molar-refractivity contribution in [2.45, 2.75) is 86.7 Å². The van der Waals surface area contributed by atoms with E-state index in [-0.39, 0.29) is 0 Å². The lowest BCUT2D eigenvalue weighted by molar-refractivity contribution is 0.0443. The Morgan fingerprint density at radius 3 is 1.59 bits per heavy atom. The van der Waals surface area contributed by atoms with Gasteiger partial charge in [0.1, 0.15) is 0 Å². The Bertz CT molecular complexity index is 529. The molecule has 0 saturated carbocycles. The minimum absolute atomic E-state index is 0.426. The lowest BCUT2D eigenvalue weighted by atomic mass is 9.69. The lowest BCUT2D eigenvalue weighted by Gasteiger charge is -2.47. The minimum atomic E-state index is 0.426. The molecule has 22 heavy (non-hydrogen) atoms. The first-order valence-electron chi connectivity index (χ1n) is 8.85. The van der Waals surface area contributed by atoms with Crippen molar-refractivity contribution in [3.8, 4) is 0 Å². The summed E-state index contributed by atoms with van der Waals surface area (Å²) in [5.74, 6) is 0. The number of rotatable bonds is 2. The predicted molar refractivity (Wildman–Crippen MR) is 97.9 cm³/mol. The van der Waals surface area contributed by atoms with E-state index >= 15 is 0 Å². The van der Waals surface area contributed by atoms with Crippen molar-refractivity contribution >= 4 is 0 Å². The van der Waals surface area contributed by atoms with Gasteiger partial charge in [-0.1, -0.05) is 6.92 Å². The molecule has 1 aromatic rings. The molecule has 1 aliphatic rings. The Hall–Kier alpha value is -0.820. The summed E-state index contributed by atoms with van der Waals surface area (Å²) in [5, 5.41) is 0. The van der Waals surface area contributed by atoms with Crippen molar-refractivity contribution in [1.29, 1.82) is 0 Å². The lowest BCUT2D eigenvalue weighted by Crippen LogP contribution is -2.48. The zero-order valence-corrected chi connectivity index (χ0v) is 16.2. The average molecular weight is 302 g/mol. The van der Waals surface area contributed by atoms with E-state index in [1.165, 1.54) is 47.1 Å². The van der Waals surface area contributed by atoms with Crippen LogP contribution in [-0.2, 0) is 6.42 Å². The summed E-state index contributed by atoms with van der Waals surface area (Å²) in [6, 6.07) is 1.36. The highest BCUT2D eigenvalue weighted by Gasteiger charge is 2.37. The second kappa shape index (κ2) is 6.00. The molecule has 0 radical (unpaired) electrons. The van der Waals surface area contributed by atoms with Crippen LogP contribution in [0.3, 0.4) is 0 Å². The van der Waals surface area contributed by atoms with Crippen LogP contribution in [0.5, 0.6) is 0 Å². The number of piperidine rings is 1. The smallest absolute Gasteiger partial charge is 0.00720 e. The van der Waals surface area contributed by atoms with Gasteiger partial charge in [0.25, 0.3) is 0 Å². The largest absolute Gasteiger partial charge is 0.301 e. The molecule has 1 heteroatoms. The molecule has 0 bridgehead atoms. The fraction of sp³-hybridized carbons (Fsp3) is 0.714. The van der Waals surface area contributed by atoms with E-state index in [1.807, 2.05) is 0 Å². The Morgan fingerprint density at radius 2 is 1.18 bits per heavy atom. The number of benzene rings is 1. The third-order valence-corrected chi connectivity index (χ3v) is 6.73. The maximum atomic E-state index is 2.55. The van der Waals surface area contributed by atoms with E-state index in [0.717, 1.165) is 0 Å². The summed E-state index contributed by atoms with van der Waals surface area (Å²) in [4.78, 5) is 2.55. The van der Waals surface area contributed by atoms with Gasteiger partial charge in [-0.25, -0.2) is 0 Å². The van der Waals surface area contributed by atoms with E-state index in [9.17, 15) is 0 Å². The Kier molecular flexibility index (Phi) is 4.78. The van der Waals surface area contributed by atoms with E-state index in [2.05, 4.69) is 67.3 Å². The molecule has 1 aromatic carbocycles. The molecule has 0 aromatic heterocycles. The predicted octanol–water partition coefficient (Wildman–Crippen LogP) is 5.28. The van der Waals surface area contributed by atoms with Crippen molar-refractivity contribution in [2.75, 3.05) is 7.05 Å². The van der Waals surface area contributed by atoms with Crippen LogP contribution in [-0.4, -0.2) is 24.0 Å². The summed E-state index contributed by atoms with van der Waals surface area (Å²) in [7, 11) is 2.28. The van der Waals surface area contributed by atoms with Gasteiger partial charge in [0.2, 0.25) is 0 Å². The van der Waals surface area contributed by atoms with Gasteiger partial charge < -0.3 is 4.90 Å². The van der Waals surface area contributed by atoms with Crippen LogP contribution in [0.15, 0.2) is 0 Å². The summed E-state index contributed by atoms with van der Waals surface area (Å²) in [6.07, 6.45) is 3.84. The van der Waals surface area contributed by atoms with Gasteiger partial charge in [-0.05, 0) is 114 Å². The van der Waals surface area contributed by atoms with Crippen LogP contribution in [0.4, 0.5) is 0 Å². The number of hydrogen-bond donors (Lipinski definition) is 0. The quantitative estimate of drug-likeness (QED) is 0.718. The van der Waals surface area contributed by atoms with Crippen LogP contribution in [0, 0.1) is 40.0 Å². The fourth-order valence-corrected chi connectivity index (χ4v) is 4.65. The molecule has 0 aliphatic carbocycles. The van der Waals surface area contributed by atoms with Gasteiger partial charge in [-0.2, -0.15) is 0 Å². The van der Waals surface area contributed by atoms with Gasteiger partial charge in [0.05, 0.1) is 0 Å². The highest BCUT2D eigenvalue weighted by molar-refractivity contribution is 5.49. The first kappa shape index (κ1) is 17.5. The van der Waals surface area contributed by atoms with E-state index in [1.54, 1.807) is 5.56 Å². The van der Waals surface area contributed by atoms with Crippen LogP contribution in [0.2, 0.25) is 0 Å². The minimum Gasteiger partial charge on any atom is -0.301 e.